The van der Waals surface area contributed by atoms with Crippen molar-refractivity contribution in [1.82, 2.24) is 5.43 Å². The van der Waals surface area contributed by atoms with Crippen LogP contribution in [0.2, 0.25) is 0 Å². The Hall–Kier alpha value is -0.820. The molecule has 0 aliphatic heterocycles. The van der Waals surface area contributed by atoms with E-state index in [1.165, 1.54) is 0 Å². The minimum atomic E-state index is -0.226. The van der Waals surface area contributed by atoms with Crippen molar-refractivity contribution in [3.8, 4) is 5.75 Å². The molecule has 76 valence electrons. The van der Waals surface area contributed by atoms with Crippen LogP contribution in [0.15, 0.2) is 24.3 Å². The molecule has 3 N–H and O–H groups in total. The van der Waals surface area contributed by atoms with Gasteiger partial charge in [0.25, 0.3) is 0 Å². The van der Waals surface area contributed by atoms with Gasteiger partial charge in [0.15, 0.2) is 0 Å². The number of para-hydroxylation sites is 1. The van der Waals surface area contributed by atoms with Gasteiger partial charge in [0.05, 0.1) is 16.6 Å². The number of nitrogens with one attached hydrogen (secondary N) is 1. The van der Waals surface area contributed by atoms with Crippen LogP contribution in [0, 0.1) is 3.57 Å². The summed E-state index contributed by atoms with van der Waals surface area (Å²) in [5.74, 6) is 5.49. The van der Waals surface area contributed by atoms with Crippen molar-refractivity contribution in [3.63, 3.8) is 0 Å². The third-order valence-electron chi connectivity index (χ3n) is 1.58. The first-order valence-corrected chi connectivity index (χ1v) is 5.18. The van der Waals surface area contributed by atoms with Crippen LogP contribution in [-0.4, -0.2) is 12.5 Å². The third kappa shape index (κ3) is 3.51. The van der Waals surface area contributed by atoms with Crippen molar-refractivity contribution in [2.75, 3.05) is 6.61 Å². The lowest BCUT2D eigenvalue weighted by Gasteiger charge is -2.06. The molecule has 0 heterocycles. The Kier molecular flexibility index (Phi) is 4.68. The van der Waals surface area contributed by atoms with Crippen LogP contribution in [0.5, 0.6) is 5.75 Å². The minimum Gasteiger partial charge on any atom is -0.492 e. The lowest BCUT2D eigenvalue weighted by atomic mass is 10.3. The SMILES string of the molecule is NNC(=O)CCOc1ccccc1I. The zero-order valence-electron chi connectivity index (χ0n) is 7.50. The number of carbonyl (C=O) groups excluding carboxylic acids is 1. The molecule has 0 aromatic heterocycles. The molecule has 0 saturated carbocycles. The van der Waals surface area contributed by atoms with E-state index in [0.717, 1.165) is 9.32 Å². The molecule has 1 rings (SSSR count). The summed E-state index contributed by atoms with van der Waals surface area (Å²) in [6.07, 6.45) is 0.265. The smallest absolute Gasteiger partial charge is 0.237 e. The van der Waals surface area contributed by atoms with Crippen LogP contribution in [0.25, 0.3) is 0 Å². The van der Waals surface area contributed by atoms with Crippen LogP contribution >= 0.6 is 22.6 Å². The predicted octanol–water partition coefficient (Wildman–Crippen LogP) is 1.05. The second kappa shape index (κ2) is 5.82. The highest BCUT2D eigenvalue weighted by molar-refractivity contribution is 14.1. The first-order chi connectivity index (χ1) is 6.74. The number of benzene rings is 1. The second-order valence-electron chi connectivity index (χ2n) is 2.60. The fourth-order valence-corrected chi connectivity index (χ4v) is 1.43. The Bertz CT molecular complexity index is 317. The molecule has 14 heavy (non-hydrogen) atoms. The summed E-state index contributed by atoms with van der Waals surface area (Å²) in [6, 6.07) is 7.63. The number of ether oxygens (including phenoxy) is 1. The molecule has 0 aliphatic carbocycles. The fourth-order valence-electron chi connectivity index (χ4n) is 0.888. The van der Waals surface area contributed by atoms with Gasteiger partial charge in [0, 0.05) is 0 Å². The van der Waals surface area contributed by atoms with E-state index in [0.29, 0.717) is 6.61 Å². The molecular formula is C9H11IN2O2. The van der Waals surface area contributed by atoms with Crippen LogP contribution in [0.4, 0.5) is 0 Å². The number of amides is 1. The zero-order chi connectivity index (χ0) is 10.4. The number of hydrazine groups is 1. The van der Waals surface area contributed by atoms with Gasteiger partial charge in [-0.05, 0) is 34.7 Å². The topological polar surface area (TPSA) is 64.3 Å². The normalized spacial score (nSPS) is 9.57. The largest absolute Gasteiger partial charge is 0.492 e. The maximum Gasteiger partial charge on any atom is 0.237 e. The van der Waals surface area contributed by atoms with E-state index in [1.807, 2.05) is 29.7 Å². The third-order valence-corrected chi connectivity index (χ3v) is 2.48. The molecule has 0 saturated heterocycles. The number of hydrogen-bond donors (Lipinski definition) is 2. The van der Waals surface area contributed by atoms with Crippen molar-refractivity contribution in [2.24, 2.45) is 5.84 Å². The Morgan fingerprint density at radius 3 is 2.86 bits per heavy atom. The highest BCUT2D eigenvalue weighted by atomic mass is 127. The van der Waals surface area contributed by atoms with E-state index in [4.69, 9.17) is 10.6 Å². The van der Waals surface area contributed by atoms with Gasteiger partial charge in [-0.2, -0.15) is 0 Å². The molecule has 1 aromatic carbocycles. The summed E-state index contributed by atoms with van der Waals surface area (Å²) in [7, 11) is 0. The number of nitrogens with two attached hydrogens (primary N) is 1. The van der Waals surface area contributed by atoms with Crippen molar-refractivity contribution < 1.29 is 9.53 Å². The summed E-state index contributed by atoms with van der Waals surface area (Å²) in [5.41, 5.74) is 2.05. The maximum absolute atomic E-state index is 10.8. The van der Waals surface area contributed by atoms with Crippen molar-refractivity contribution >= 4 is 28.5 Å². The predicted molar refractivity (Wildman–Crippen MR) is 61.6 cm³/mol. The van der Waals surface area contributed by atoms with Crippen molar-refractivity contribution in [2.45, 2.75) is 6.42 Å². The van der Waals surface area contributed by atoms with Gasteiger partial charge in [-0.3, -0.25) is 10.2 Å². The van der Waals surface area contributed by atoms with E-state index in [-0.39, 0.29) is 12.3 Å². The number of halogens is 1. The lowest BCUT2D eigenvalue weighted by molar-refractivity contribution is -0.121. The lowest BCUT2D eigenvalue weighted by Crippen LogP contribution is -2.31. The molecule has 5 heteroatoms. The van der Waals surface area contributed by atoms with E-state index in [1.54, 1.807) is 0 Å². The summed E-state index contributed by atoms with van der Waals surface area (Å²) < 4.78 is 6.41. The van der Waals surface area contributed by atoms with Gasteiger partial charge in [0.1, 0.15) is 5.75 Å². The van der Waals surface area contributed by atoms with Crippen molar-refractivity contribution in [1.29, 1.82) is 0 Å². The molecule has 0 spiro atoms. The van der Waals surface area contributed by atoms with Crippen LogP contribution in [0.3, 0.4) is 0 Å². The Balaban J connectivity index is 2.39. The van der Waals surface area contributed by atoms with Gasteiger partial charge in [-0.25, -0.2) is 5.84 Å². The molecule has 0 radical (unpaired) electrons. The number of rotatable bonds is 4. The highest BCUT2D eigenvalue weighted by Gasteiger charge is 2.01. The van der Waals surface area contributed by atoms with Gasteiger partial charge in [-0.1, -0.05) is 12.1 Å². The molecule has 1 aromatic rings. The first-order valence-electron chi connectivity index (χ1n) is 4.11. The minimum absolute atomic E-state index is 0.226. The number of carbonyl (C=O) groups is 1. The molecule has 0 bridgehead atoms. The summed E-state index contributed by atoms with van der Waals surface area (Å²) in [5, 5.41) is 0. The quantitative estimate of drug-likeness (QED) is 0.378. The summed E-state index contributed by atoms with van der Waals surface area (Å²) >= 11 is 2.18. The molecule has 0 aliphatic rings. The molecule has 4 nitrogen and oxygen atoms in total. The van der Waals surface area contributed by atoms with E-state index in [9.17, 15) is 4.79 Å². The van der Waals surface area contributed by atoms with Gasteiger partial charge in [-0.15, -0.1) is 0 Å². The van der Waals surface area contributed by atoms with E-state index in [2.05, 4.69) is 22.6 Å². The molecule has 0 unspecified atom stereocenters. The number of hydrogen-bond acceptors (Lipinski definition) is 3. The van der Waals surface area contributed by atoms with Gasteiger partial charge >= 0.3 is 0 Å². The first kappa shape index (κ1) is 11.3. The molecule has 1 amide bonds. The van der Waals surface area contributed by atoms with Crippen LogP contribution in [0.1, 0.15) is 6.42 Å². The molecule has 0 atom stereocenters. The average molecular weight is 306 g/mol. The standard InChI is InChI=1S/C9H11IN2O2/c10-7-3-1-2-4-8(7)14-6-5-9(13)12-11/h1-4H,5-6,11H2,(H,12,13). The Morgan fingerprint density at radius 2 is 2.21 bits per heavy atom. The Morgan fingerprint density at radius 1 is 1.50 bits per heavy atom. The van der Waals surface area contributed by atoms with Crippen molar-refractivity contribution in [3.05, 3.63) is 27.8 Å². The van der Waals surface area contributed by atoms with Gasteiger partial charge in [0.2, 0.25) is 5.91 Å². The van der Waals surface area contributed by atoms with E-state index >= 15 is 0 Å². The van der Waals surface area contributed by atoms with E-state index < -0.39 is 0 Å². The zero-order valence-corrected chi connectivity index (χ0v) is 9.65. The maximum atomic E-state index is 10.8. The van der Waals surface area contributed by atoms with Crippen LogP contribution in [-0.2, 0) is 4.79 Å². The highest BCUT2D eigenvalue weighted by Crippen LogP contribution is 2.19. The Labute approximate surface area is 95.9 Å². The van der Waals surface area contributed by atoms with Crippen LogP contribution < -0.4 is 16.0 Å². The summed E-state index contributed by atoms with van der Waals surface area (Å²) in [4.78, 5) is 10.8. The monoisotopic (exact) mass is 306 g/mol. The molecule has 0 fully saturated rings. The average Bonchev–Trinajstić information content (AvgIpc) is 2.20. The second-order valence-corrected chi connectivity index (χ2v) is 3.76. The molecular weight excluding hydrogens is 295 g/mol. The van der Waals surface area contributed by atoms with Gasteiger partial charge < -0.3 is 4.74 Å². The summed E-state index contributed by atoms with van der Waals surface area (Å²) in [6.45, 7) is 0.336. The fraction of sp³-hybridized carbons (Fsp3) is 0.222.